The molecule has 1 aliphatic heterocycles. The van der Waals surface area contributed by atoms with E-state index in [4.69, 9.17) is 0 Å². The van der Waals surface area contributed by atoms with Crippen LogP contribution < -0.4 is 5.32 Å². The number of alkyl halides is 3. The molecule has 1 unspecified atom stereocenters. The Bertz CT molecular complexity index is 1270. The molecule has 2 N–H and O–H groups in total. The topological polar surface area (TPSA) is 40.4 Å². The Balaban J connectivity index is 1.51. The van der Waals surface area contributed by atoms with Gasteiger partial charge in [0.15, 0.2) is 6.35 Å². The van der Waals surface area contributed by atoms with Crippen LogP contribution in [-0.2, 0) is 32.1 Å². The Hall–Kier alpha value is -3.29. The second-order valence-electron chi connectivity index (χ2n) is 8.62. The van der Waals surface area contributed by atoms with Crippen molar-refractivity contribution in [1.29, 1.82) is 0 Å². The number of halogens is 3. The molecule has 0 fully saturated rings. The number of aliphatic hydroxyl groups excluding tert-OH is 1. The number of nitrogens with one attached hydrogen (secondary N) is 1. The highest BCUT2D eigenvalue weighted by atomic mass is 19.4. The van der Waals surface area contributed by atoms with Gasteiger partial charge in [-0.05, 0) is 36.1 Å². The second kappa shape index (κ2) is 9.16. The van der Waals surface area contributed by atoms with Crippen molar-refractivity contribution in [3.8, 4) is 0 Å². The molecule has 0 amide bonds. The van der Waals surface area contributed by atoms with Gasteiger partial charge in [-0.2, -0.15) is 13.2 Å². The van der Waals surface area contributed by atoms with Gasteiger partial charge in [-0.3, -0.25) is 4.90 Å². The van der Waals surface area contributed by atoms with E-state index in [-0.39, 0.29) is 11.8 Å². The third kappa shape index (κ3) is 4.41. The van der Waals surface area contributed by atoms with Gasteiger partial charge in [-0.25, -0.2) is 0 Å². The van der Waals surface area contributed by atoms with Crippen LogP contribution in [0.1, 0.15) is 22.4 Å². The van der Waals surface area contributed by atoms with Gasteiger partial charge in [-0.15, -0.1) is 0 Å². The summed E-state index contributed by atoms with van der Waals surface area (Å²) in [5.74, 6) is 0. The van der Waals surface area contributed by atoms with Crippen LogP contribution in [0.25, 0.3) is 10.9 Å². The summed E-state index contributed by atoms with van der Waals surface area (Å²) in [6, 6.07) is 24.1. The summed E-state index contributed by atoms with van der Waals surface area (Å²) < 4.78 is 44.7. The average Bonchev–Trinajstić information content (AvgIpc) is 3.02. The normalized spacial score (nSPS) is 15.3. The lowest BCUT2D eigenvalue weighted by Crippen LogP contribution is -2.41. The zero-order valence-electron chi connectivity index (χ0n) is 18.6. The minimum Gasteiger partial charge on any atom is -0.361 e. The molecule has 3 aromatic carbocycles. The predicted octanol–water partition coefficient (Wildman–Crippen LogP) is 5.65. The van der Waals surface area contributed by atoms with Crippen LogP contribution >= 0.6 is 0 Å². The number of hydrogen-bond acceptors (Lipinski definition) is 3. The zero-order chi connectivity index (χ0) is 23.7. The van der Waals surface area contributed by atoms with Crippen LogP contribution in [0, 0.1) is 0 Å². The van der Waals surface area contributed by atoms with E-state index in [2.05, 4.69) is 5.32 Å². The average molecular weight is 466 g/mol. The largest absolute Gasteiger partial charge is 0.418 e. The van der Waals surface area contributed by atoms with Gasteiger partial charge in [0.1, 0.15) is 0 Å². The van der Waals surface area contributed by atoms with Crippen LogP contribution in [-0.4, -0.2) is 27.5 Å². The molecule has 0 saturated carbocycles. The van der Waals surface area contributed by atoms with Crippen molar-refractivity contribution in [1.82, 2.24) is 9.47 Å². The first-order valence-electron chi connectivity index (χ1n) is 11.4. The van der Waals surface area contributed by atoms with Crippen molar-refractivity contribution in [3.05, 3.63) is 101 Å². The molecule has 0 saturated heterocycles. The second-order valence-corrected chi connectivity index (χ2v) is 8.62. The van der Waals surface area contributed by atoms with Gasteiger partial charge in [0.05, 0.1) is 11.1 Å². The molecule has 7 heteroatoms. The third-order valence-corrected chi connectivity index (χ3v) is 6.45. The first kappa shape index (κ1) is 22.5. The summed E-state index contributed by atoms with van der Waals surface area (Å²) in [6.45, 7) is 1.12. The highest BCUT2D eigenvalue weighted by molar-refractivity contribution is 5.89. The van der Waals surface area contributed by atoms with E-state index in [1.54, 1.807) is 12.1 Å². The molecule has 34 heavy (non-hydrogen) atoms. The van der Waals surface area contributed by atoms with Gasteiger partial charge in [0.25, 0.3) is 0 Å². The number of para-hydroxylation sites is 2. The number of anilines is 1. The SMILES string of the molecule is OC(Nc1ccccc1)N1CCn2c(CCc3ccccc3)c(C(F)(F)F)c3cccc(c32)C1. The standard InChI is InChI=1S/C27H26F3N3O/c28-27(29,30)24-22-13-7-10-20-18-32(26(34)31-21-11-5-2-6-12-21)16-17-33(25(20)22)23(24)15-14-19-8-3-1-4-9-19/h1-13,26,31,34H,14-18H2. The fraction of sp³-hybridized carbons (Fsp3) is 0.259. The smallest absolute Gasteiger partial charge is 0.361 e. The van der Waals surface area contributed by atoms with E-state index in [1.807, 2.05) is 76.2 Å². The van der Waals surface area contributed by atoms with Gasteiger partial charge in [0.2, 0.25) is 0 Å². The Morgan fingerprint density at radius 2 is 1.56 bits per heavy atom. The Morgan fingerprint density at radius 3 is 2.26 bits per heavy atom. The van der Waals surface area contributed by atoms with Gasteiger partial charge in [-0.1, -0.05) is 66.7 Å². The summed E-state index contributed by atoms with van der Waals surface area (Å²) in [4.78, 5) is 1.85. The number of aliphatic hydroxyl groups is 1. The number of aryl methyl sites for hydroxylation is 1. The molecule has 2 heterocycles. The number of benzene rings is 3. The number of aromatic nitrogens is 1. The van der Waals surface area contributed by atoms with Crippen LogP contribution in [0.2, 0.25) is 0 Å². The van der Waals surface area contributed by atoms with E-state index in [1.165, 1.54) is 0 Å². The van der Waals surface area contributed by atoms with Gasteiger partial charge >= 0.3 is 6.18 Å². The molecule has 176 valence electrons. The highest BCUT2D eigenvalue weighted by Crippen LogP contribution is 2.42. The summed E-state index contributed by atoms with van der Waals surface area (Å²) >= 11 is 0. The molecule has 0 aliphatic carbocycles. The summed E-state index contributed by atoms with van der Waals surface area (Å²) in [5.41, 5.74) is 2.96. The molecular formula is C27H26F3N3O. The zero-order valence-corrected chi connectivity index (χ0v) is 18.6. The molecule has 0 spiro atoms. The van der Waals surface area contributed by atoms with E-state index < -0.39 is 18.1 Å². The number of hydrogen-bond donors (Lipinski definition) is 2. The van der Waals surface area contributed by atoms with Crippen molar-refractivity contribution in [3.63, 3.8) is 0 Å². The first-order chi connectivity index (χ1) is 16.4. The van der Waals surface area contributed by atoms with Crippen LogP contribution in [0.15, 0.2) is 78.9 Å². The number of nitrogens with zero attached hydrogens (tertiary/aromatic N) is 2. The Kier molecular flexibility index (Phi) is 6.06. The fourth-order valence-electron chi connectivity index (χ4n) is 4.91. The lowest BCUT2D eigenvalue weighted by atomic mass is 10.0. The molecule has 0 radical (unpaired) electrons. The molecule has 4 nitrogen and oxygen atoms in total. The van der Waals surface area contributed by atoms with E-state index in [0.717, 1.165) is 16.8 Å². The van der Waals surface area contributed by atoms with Crippen molar-refractivity contribution in [2.24, 2.45) is 0 Å². The minimum atomic E-state index is -4.44. The molecule has 1 aromatic heterocycles. The van der Waals surface area contributed by atoms with Crippen molar-refractivity contribution >= 4 is 16.6 Å². The Labute approximate surface area is 196 Å². The molecule has 0 bridgehead atoms. The van der Waals surface area contributed by atoms with Crippen molar-refractivity contribution < 1.29 is 18.3 Å². The van der Waals surface area contributed by atoms with E-state index >= 15 is 0 Å². The molecule has 1 atom stereocenters. The van der Waals surface area contributed by atoms with Crippen LogP contribution in [0.3, 0.4) is 0 Å². The summed E-state index contributed by atoms with van der Waals surface area (Å²) in [6.07, 6.45) is -4.59. The van der Waals surface area contributed by atoms with Crippen molar-refractivity contribution in [2.45, 2.75) is 38.5 Å². The lowest BCUT2D eigenvalue weighted by Gasteiger charge is -2.28. The van der Waals surface area contributed by atoms with Gasteiger partial charge in [0, 0.05) is 36.4 Å². The van der Waals surface area contributed by atoms with Crippen molar-refractivity contribution in [2.75, 3.05) is 11.9 Å². The maximum Gasteiger partial charge on any atom is 0.418 e. The van der Waals surface area contributed by atoms with E-state index in [9.17, 15) is 18.3 Å². The quantitative estimate of drug-likeness (QED) is 0.362. The molecule has 4 aromatic rings. The number of rotatable bonds is 6. The van der Waals surface area contributed by atoms with Crippen LogP contribution in [0.5, 0.6) is 0 Å². The fourth-order valence-corrected chi connectivity index (χ4v) is 4.91. The first-order valence-corrected chi connectivity index (χ1v) is 11.4. The minimum absolute atomic E-state index is 0.237. The summed E-state index contributed by atoms with van der Waals surface area (Å²) in [5, 5.41) is 14.2. The third-order valence-electron chi connectivity index (χ3n) is 6.45. The van der Waals surface area contributed by atoms with Gasteiger partial charge < -0.3 is 15.0 Å². The lowest BCUT2D eigenvalue weighted by molar-refractivity contribution is -0.137. The maximum absolute atomic E-state index is 14.3. The molecule has 1 aliphatic rings. The molecular weight excluding hydrogens is 439 g/mol. The summed E-state index contributed by atoms with van der Waals surface area (Å²) in [7, 11) is 0. The Morgan fingerprint density at radius 1 is 0.853 bits per heavy atom. The maximum atomic E-state index is 14.3. The highest BCUT2D eigenvalue weighted by Gasteiger charge is 2.39. The predicted molar refractivity (Wildman–Crippen MR) is 127 cm³/mol. The monoisotopic (exact) mass is 465 g/mol. The van der Waals surface area contributed by atoms with E-state index in [0.29, 0.717) is 37.3 Å². The van der Waals surface area contributed by atoms with Crippen LogP contribution in [0.4, 0.5) is 18.9 Å². The molecule has 5 rings (SSSR count).